The maximum absolute atomic E-state index is 12.4. The van der Waals surface area contributed by atoms with Gasteiger partial charge in [0.1, 0.15) is 12.4 Å². The van der Waals surface area contributed by atoms with Gasteiger partial charge >= 0.3 is 5.97 Å². The maximum Gasteiger partial charge on any atom is 0.334 e. The summed E-state index contributed by atoms with van der Waals surface area (Å²) in [4.78, 5) is 24.9. The van der Waals surface area contributed by atoms with Crippen molar-refractivity contribution in [2.24, 2.45) is 0 Å². The predicted octanol–water partition coefficient (Wildman–Crippen LogP) is 0.637. The molecule has 2 rings (SSSR count). The van der Waals surface area contributed by atoms with Gasteiger partial charge in [-0.05, 0) is 18.2 Å². The van der Waals surface area contributed by atoms with E-state index in [4.69, 9.17) is 19.3 Å². The average Bonchev–Trinajstić information content (AvgIpc) is 2.55. The molecule has 7 nitrogen and oxygen atoms in total. The molecular formula is C15H19NO6. The molecule has 1 aromatic rings. The predicted molar refractivity (Wildman–Crippen MR) is 77.1 cm³/mol. The molecule has 1 amide bonds. The van der Waals surface area contributed by atoms with Crippen LogP contribution in [0.3, 0.4) is 0 Å². The fraction of sp³-hybridized carbons (Fsp3) is 0.467. The summed E-state index contributed by atoms with van der Waals surface area (Å²) in [7, 11) is 1.58. The zero-order valence-electron chi connectivity index (χ0n) is 12.4. The highest BCUT2D eigenvalue weighted by atomic mass is 16.5. The van der Waals surface area contributed by atoms with Gasteiger partial charge in [0.2, 0.25) is 0 Å². The number of nitrogens with zero attached hydrogens (tertiary/aromatic N) is 1. The summed E-state index contributed by atoms with van der Waals surface area (Å²) in [5, 5.41) is 8.98. The lowest BCUT2D eigenvalue weighted by molar-refractivity contribution is -0.154. The minimum Gasteiger partial charge on any atom is -0.491 e. The molecule has 0 bridgehead atoms. The summed E-state index contributed by atoms with van der Waals surface area (Å²) in [6.07, 6.45) is -0.973. The molecule has 1 N–H and O–H groups in total. The number of carbonyl (C=O) groups excluding carboxylic acids is 1. The molecule has 120 valence electrons. The Balaban J connectivity index is 2.02. The second-order valence-corrected chi connectivity index (χ2v) is 4.82. The molecule has 1 aromatic carbocycles. The van der Waals surface area contributed by atoms with E-state index in [2.05, 4.69) is 0 Å². The van der Waals surface area contributed by atoms with Gasteiger partial charge in [-0.2, -0.15) is 0 Å². The minimum absolute atomic E-state index is 0.0446. The third-order valence-corrected chi connectivity index (χ3v) is 3.27. The van der Waals surface area contributed by atoms with Crippen LogP contribution < -0.4 is 4.74 Å². The van der Waals surface area contributed by atoms with Gasteiger partial charge in [0.15, 0.2) is 6.10 Å². The molecule has 0 radical (unpaired) electrons. The van der Waals surface area contributed by atoms with Crippen LogP contribution in [0.4, 0.5) is 0 Å². The number of hydrogen-bond donors (Lipinski definition) is 1. The van der Waals surface area contributed by atoms with E-state index in [1.54, 1.807) is 31.4 Å². The van der Waals surface area contributed by atoms with Crippen molar-refractivity contribution in [3.05, 3.63) is 29.8 Å². The van der Waals surface area contributed by atoms with Crippen molar-refractivity contribution in [2.75, 3.05) is 40.0 Å². The quantitative estimate of drug-likeness (QED) is 0.776. The number of rotatable bonds is 6. The van der Waals surface area contributed by atoms with Gasteiger partial charge in [-0.1, -0.05) is 6.07 Å². The van der Waals surface area contributed by atoms with E-state index in [0.717, 1.165) is 0 Å². The topological polar surface area (TPSA) is 85.3 Å². The molecule has 0 aliphatic carbocycles. The highest BCUT2D eigenvalue weighted by molar-refractivity contribution is 5.95. The standard InChI is InChI=1S/C15H19NO6/c1-20-7-8-21-12-4-2-3-11(9-12)14(17)16-5-6-22-13(10-16)15(18)19/h2-4,9,13H,5-8,10H2,1H3,(H,18,19)/t13-/m1/s1. The van der Waals surface area contributed by atoms with E-state index < -0.39 is 12.1 Å². The van der Waals surface area contributed by atoms with E-state index in [9.17, 15) is 9.59 Å². The van der Waals surface area contributed by atoms with Gasteiger partial charge in [0.25, 0.3) is 5.91 Å². The number of morpholine rings is 1. The van der Waals surface area contributed by atoms with Crippen LogP contribution in [-0.2, 0) is 14.3 Å². The highest BCUT2D eigenvalue weighted by Crippen LogP contribution is 2.17. The van der Waals surface area contributed by atoms with Crippen LogP contribution in [0, 0.1) is 0 Å². The Morgan fingerprint density at radius 2 is 2.23 bits per heavy atom. The van der Waals surface area contributed by atoms with E-state index in [1.807, 2.05) is 0 Å². The van der Waals surface area contributed by atoms with E-state index in [0.29, 0.717) is 31.1 Å². The first kappa shape index (κ1) is 16.3. The first-order valence-corrected chi connectivity index (χ1v) is 6.97. The van der Waals surface area contributed by atoms with Crippen LogP contribution in [-0.4, -0.2) is 68.0 Å². The summed E-state index contributed by atoms with van der Waals surface area (Å²) in [6.45, 7) is 1.49. The summed E-state index contributed by atoms with van der Waals surface area (Å²) in [5.41, 5.74) is 0.459. The summed E-state index contributed by atoms with van der Waals surface area (Å²) >= 11 is 0. The summed E-state index contributed by atoms with van der Waals surface area (Å²) < 4.78 is 15.5. The van der Waals surface area contributed by atoms with Crippen LogP contribution in [0.2, 0.25) is 0 Å². The van der Waals surface area contributed by atoms with Crippen molar-refractivity contribution in [1.82, 2.24) is 4.90 Å². The number of hydrogen-bond acceptors (Lipinski definition) is 5. The second-order valence-electron chi connectivity index (χ2n) is 4.82. The van der Waals surface area contributed by atoms with Crippen molar-refractivity contribution in [1.29, 1.82) is 0 Å². The van der Waals surface area contributed by atoms with Gasteiger partial charge in [0.05, 0.1) is 19.8 Å². The lowest BCUT2D eigenvalue weighted by Crippen LogP contribution is -2.48. The van der Waals surface area contributed by atoms with Crippen LogP contribution in [0.15, 0.2) is 24.3 Å². The van der Waals surface area contributed by atoms with Crippen LogP contribution >= 0.6 is 0 Å². The second kappa shape index (κ2) is 7.77. The molecule has 0 unspecified atom stereocenters. The fourth-order valence-corrected chi connectivity index (χ4v) is 2.13. The Kier molecular flexibility index (Phi) is 5.74. The van der Waals surface area contributed by atoms with Crippen LogP contribution in [0.25, 0.3) is 0 Å². The monoisotopic (exact) mass is 309 g/mol. The van der Waals surface area contributed by atoms with Crippen LogP contribution in [0.1, 0.15) is 10.4 Å². The molecule has 0 spiro atoms. The normalized spacial score (nSPS) is 18.0. The van der Waals surface area contributed by atoms with Crippen molar-refractivity contribution >= 4 is 11.9 Å². The lowest BCUT2D eigenvalue weighted by Gasteiger charge is -2.31. The first-order chi connectivity index (χ1) is 10.6. The molecule has 1 heterocycles. The average molecular weight is 309 g/mol. The van der Waals surface area contributed by atoms with Crippen molar-refractivity contribution in [2.45, 2.75) is 6.10 Å². The molecular weight excluding hydrogens is 290 g/mol. The van der Waals surface area contributed by atoms with Gasteiger partial charge in [-0.25, -0.2) is 4.79 Å². The number of methoxy groups -OCH3 is 1. The number of aliphatic carboxylic acids is 1. The summed E-state index contributed by atoms with van der Waals surface area (Å²) in [5.74, 6) is -0.716. The molecule has 1 fully saturated rings. The van der Waals surface area contributed by atoms with Crippen molar-refractivity contribution in [3.8, 4) is 5.75 Å². The number of benzene rings is 1. The largest absolute Gasteiger partial charge is 0.491 e. The smallest absolute Gasteiger partial charge is 0.334 e. The molecule has 7 heteroatoms. The minimum atomic E-state index is -1.06. The number of ether oxygens (including phenoxy) is 3. The zero-order chi connectivity index (χ0) is 15.9. The molecule has 1 atom stereocenters. The maximum atomic E-state index is 12.4. The van der Waals surface area contributed by atoms with Gasteiger partial charge in [-0.3, -0.25) is 4.79 Å². The molecule has 22 heavy (non-hydrogen) atoms. The molecule has 1 aliphatic rings. The van der Waals surface area contributed by atoms with E-state index in [1.165, 1.54) is 4.90 Å². The third kappa shape index (κ3) is 4.19. The summed E-state index contributed by atoms with van der Waals surface area (Å²) in [6, 6.07) is 6.80. The SMILES string of the molecule is COCCOc1cccc(C(=O)N2CCO[C@@H](C(=O)O)C2)c1. The Morgan fingerprint density at radius 3 is 2.95 bits per heavy atom. The van der Waals surface area contributed by atoms with Crippen molar-refractivity contribution in [3.63, 3.8) is 0 Å². The Bertz CT molecular complexity index is 533. The van der Waals surface area contributed by atoms with Gasteiger partial charge < -0.3 is 24.2 Å². The van der Waals surface area contributed by atoms with Gasteiger partial charge in [0, 0.05) is 19.2 Å². The third-order valence-electron chi connectivity index (χ3n) is 3.27. The lowest BCUT2D eigenvalue weighted by atomic mass is 10.1. The number of amides is 1. The Labute approximate surface area is 128 Å². The number of carboxylic acids is 1. The molecule has 0 aromatic heterocycles. The molecule has 0 saturated carbocycles. The number of carbonyl (C=O) groups is 2. The van der Waals surface area contributed by atoms with E-state index >= 15 is 0 Å². The fourth-order valence-electron chi connectivity index (χ4n) is 2.13. The molecule has 1 aliphatic heterocycles. The van der Waals surface area contributed by atoms with E-state index in [-0.39, 0.29) is 19.1 Å². The van der Waals surface area contributed by atoms with Crippen LogP contribution in [0.5, 0.6) is 5.75 Å². The zero-order valence-corrected chi connectivity index (χ0v) is 12.4. The number of carboxylic acid groups (broad SMARTS) is 1. The molecule has 1 saturated heterocycles. The van der Waals surface area contributed by atoms with Gasteiger partial charge in [-0.15, -0.1) is 0 Å². The first-order valence-electron chi connectivity index (χ1n) is 6.97. The Hall–Kier alpha value is -2.12. The Morgan fingerprint density at radius 1 is 1.41 bits per heavy atom. The van der Waals surface area contributed by atoms with Crippen molar-refractivity contribution < 1.29 is 28.9 Å². The highest BCUT2D eigenvalue weighted by Gasteiger charge is 2.29.